The van der Waals surface area contributed by atoms with Crippen molar-refractivity contribution >= 4 is 11.6 Å². The molecular formula is C9H9NO3. The third kappa shape index (κ3) is 1.02. The van der Waals surface area contributed by atoms with Crippen molar-refractivity contribution < 1.29 is 14.1 Å². The summed E-state index contributed by atoms with van der Waals surface area (Å²) in [5.74, 6) is -0.315. The van der Waals surface area contributed by atoms with Gasteiger partial charge in [0.15, 0.2) is 0 Å². The molecular weight excluding hydrogens is 170 g/mol. The van der Waals surface area contributed by atoms with Crippen LogP contribution in [0.2, 0.25) is 0 Å². The second-order valence-electron chi connectivity index (χ2n) is 3.88. The van der Waals surface area contributed by atoms with E-state index in [0.717, 1.165) is 0 Å². The fourth-order valence-corrected chi connectivity index (χ4v) is 1.49. The summed E-state index contributed by atoms with van der Waals surface area (Å²) in [6.07, 6.45) is 1.76. The first-order valence-corrected chi connectivity index (χ1v) is 4.05. The number of nitrogens with zero attached hydrogens (tertiary/aromatic N) is 1. The third-order valence-electron chi connectivity index (χ3n) is 2.31. The summed E-state index contributed by atoms with van der Waals surface area (Å²) in [6, 6.07) is 0. The minimum absolute atomic E-state index is 0.323. The largest absolute Gasteiger partial charge is 0.361 e. The van der Waals surface area contributed by atoms with Crippen molar-refractivity contribution in [2.24, 2.45) is 5.41 Å². The van der Waals surface area contributed by atoms with Crippen LogP contribution in [0.15, 0.2) is 10.7 Å². The van der Waals surface area contributed by atoms with Gasteiger partial charge in [0.05, 0.1) is 11.8 Å². The molecule has 0 aliphatic heterocycles. The van der Waals surface area contributed by atoms with E-state index in [1.54, 1.807) is 13.8 Å². The number of fused-ring (bicyclic) bond motifs is 1. The number of aromatic nitrogens is 1. The second kappa shape index (κ2) is 2.28. The number of carbonyl (C=O) groups excluding carboxylic acids is 2. The van der Waals surface area contributed by atoms with Gasteiger partial charge < -0.3 is 4.52 Å². The number of hydrogen-bond donors (Lipinski definition) is 0. The molecule has 68 valence electrons. The standard InChI is InChI=1S/C9H9NO3/c1-9(2)3-6-5(4-10-13-6)7(11)8(9)12/h4H,3H2,1-2H3. The predicted molar refractivity (Wildman–Crippen MR) is 43.3 cm³/mol. The molecule has 0 fully saturated rings. The normalized spacial score (nSPS) is 20.2. The van der Waals surface area contributed by atoms with E-state index in [0.29, 0.717) is 17.7 Å². The molecule has 1 aliphatic rings. The Morgan fingerprint density at radius 1 is 1.46 bits per heavy atom. The number of Topliss-reactive ketones (excluding diaryl/α,β-unsaturated/α-hetero) is 2. The summed E-state index contributed by atoms with van der Waals surface area (Å²) in [6.45, 7) is 3.47. The molecule has 0 spiro atoms. The lowest BCUT2D eigenvalue weighted by Gasteiger charge is -2.24. The molecule has 0 aromatic carbocycles. The van der Waals surface area contributed by atoms with Gasteiger partial charge in [0.25, 0.3) is 0 Å². The van der Waals surface area contributed by atoms with Gasteiger partial charge >= 0.3 is 0 Å². The van der Waals surface area contributed by atoms with E-state index in [4.69, 9.17) is 4.52 Å². The van der Waals surface area contributed by atoms with Crippen molar-refractivity contribution in [2.75, 3.05) is 0 Å². The highest BCUT2D eigenvalue weighted by molar-refractivity contribution is 6.46. The zero-order valence-corrected chi connectivity index (χ0v) is 7.46. The van der Waals surface area contributed by atoms with Crippen LogP contribution in [0.1, 0.15) is 30.0 Å². The molecule has 0 saturated carbocycles. The SMILES string of the molecule is CC1(C)Cc2oncc2C(=O)C1=O. The molecule has 1 aromatic heterocycles. The Kier molecular flexibility index (Phi) is 1.43. The lowest BCUT2D eigenvalue weighted by molar-refractivity contribution is -0.123. The van der Waals surface area contributed by atoms with Crippen molar-refractivity contribution in [1.29, 1.82) is 0 Å². The molecule has 0 radical (unpaired) electrons. The smallest absolute Gasteiger partial charge is 0.234 e. The molecule has 13 heavy (non-hydrogen) atoms. The highest BCUT2D eigenvalue weighted by atomic mass is 16.5. The molecule has 4 nitrogen and oxygen atoms in total. The number of carbonyl (C=O) groups is 2. The summed E-state index contributed by atoms with van der Waals surface area (Å²) in [7, 11) is 0. The van der Waals surface area contributed by atoms with Gasteiger partial charge in [-0.05, 0) is 0 Å². The Morgan fingerprint density at radius 2 is 2.15 bits per heavy atom. The molecule has 0 saturated heterocycles. The highest BCUT2D eigenvalue weighted by Gasteiger charge is 2.42. The van der Waals surface area contributed by atoms with E-state index >= 15 is 0 Å². The van der Waals surface area contributed by atoms with Crippen LogP contribution in [0, 0.1) is 5.41 Å². The van der Waals surface area contributed by atoms with Gasteiger partial charge in [-0.1, -0.05) is 19.0 Å². The van der Waals surface area contributed by atoms with Crippen LogP contribution in [-0.4, -0.2) is 16.7 Å². The zero-order chi connectivity index (χ0) is 9.64. The first-order valence-electron chi connectivity index (χ1n) is 4.05. The minimum Gasteiger partial charge on any atom is -0.361 e. The molecule has 1 aliphatic carbocycles. The highest BCUT2D eigenvalue weighted by Crippen LogP contribution is 2.31. The molecule has 0 bridgehead atoms. The maximum absolute atomic E-state index is 11.5. The van der Waals surface area contributed by atoms with E-state index < -0.39 is 11.2 Å². The Hall–Kier alpha value is -1.45. The van der Waals surface area contributed by atoms with Crippen LogP contribution in [0.3, 0.4) is 0 Å². The summed E-state index contributed by atoms with van der Waals surface area (Å²) >= 11 is 0. The lowest BCUT2D eigenvalue weighted by Crippen LogP contribution is -2.37. The van der Waals surface area contributed by atoms with Crippen molar-refractivity contribution in [3.05, 3.63) is 17.5 Å². The predicted octanol–water partition coefficient (Wildman–Crippen LogP) is 1.01. The number of ketones is 2. The van der Waals surface area contributed by atoms with Gasteiger partial charge in [-0.15, -0.1) is 0 Å². The molecule has 0 atom stereocenters. The molecule has 2 rings (SSSR count). The fourth-order valence-electron chi connectivity index (χ4n) is 1.49. The van der Waals surface area contributed by atoms with Gasteiger partial charge in [-0.3, -0.25) is 9.59 Å². The minimum atomic E-state index is -0.649. The van der Waals surface area contributed by atoms with E-state index in [1.165, 1.54) is 6.20 Å². The van der Waals surface area contributed by atoms with Crippen molar-refractivity contribution in [2.45, 2.75) is 20.3 Å². The number of hydrogen-bond acceptors (Lipinski definition) is 4. The Bertz CT molecular complexity index is 389. The first-order chi connectivity index (χ1) is 6.02. The second-order valence-corrected chi connectivity index (χ2v) is 3.88. The maximum atomic E-state index is 11.5. The van der Waals surface area contributed by atoms with Crippen LogP contribution >= 0.6 is 0 Å². The van der Waals surface area contributed by atoms with Gasteiger partial charge in [0, 0.05) is 11.8 Å². The van der Waals surface area contributed by atoms with E-state index in [2.05, 4.69) is 5.16 Å². The van der Waals surface area contributed by atoms with Gasteiger partial charge in [-0.2, -0.15) is 0 Å². The van der Waals surface area contributed by atoms with Crippen molar-refractivity contribution in [1.82, 2.24) is 5.16 Å². The fraction of sp³-hybridized carbons (Fsp3) is 0.444. The molecule has 1 aromatic rings. The lowest BCUT2D eigenvalue weighted by atomic mass is 9.75. The summed E-state index contributed by atoms with van der Waals surface area (Å²) in [5.41, 5.74) is -0.326. The van der Waals surface area contributed by atoms with Gasteiger partial charge in [-0.25, -0.2) is 0 Å². The molecule has 0 amide bonds. The average Bonchev–Trinajstić information content (AvgIpc) is 2.47. The Morgan fingerprint density at radius 3 is 2.85 bits per heavy atom. The van der Waals surface area contributed by atoms with E-state index in [1.807, 2.05) is 0 Å². The molecule has 0 N–H and O–H groups in total. The van der Waals surface area contributed by atoms with Crippen LogP contribution in [0.25, 0.3) is 0 Å². The molecule has 1 heterocycles. The van der Waals surface area contributed by atoms with Crippen molar-refractivity contribution in [3.63, 3.8) is 0 Å². The Balaban J connectivity index is 2.57. The first kappa shape index (κ1) is 8.16. The van der Waals surface area contributed by atoms with Crippen LogP contribution in [0.5, 0.6) is 0 Å². The van der Waals surface area contributed by atoms with Gasteiger partial charge in [0.1, 0.15) is 5.76 Å². The van der Waals surface area contributed by atoms with Gasteiger partial charge in [0.2, 0.25) is 11.6 Å². The van der Waals surface area contributed by atoms with Crippen LogP contribution in [-0.2, 0) is 11.2 Å². The average molecular weight is 179 g/mol. The quantitative estimate of drug-likeness (QED) is 0.557. The third-order valence-corrected chi connectivity index (χ3v) is 2.31. The Labute approximate surface area is 74.9 Å². The van der Waals surface area contributed by atoms with E-state index in [-0.39, 0.29) is 5.78 Å². The van der Waals surface area contributed by atoms with E-state index in [9.17, 15) is 9.59 Å². The summed E-state index contributed by atoms with van der Waals surface area (Å²) < 4.78 is 4.89. The molecule has 0 unspecified atom stereocenters. The topological polar surface area (TPSA) is 60.2 Å². The zero-order valence-electron chi connectivity index (χ0n) is 7.46. The number of rotatable bonds is 0. The maximum Gasteiger partial charge on any atom is 0.234 e. The van der Waals surface area contributed by atoms with Crippen LogP contribution in [0.4, 0.5) is 0 Å². The van der Waals surface area contributed by atoms with Crippen molar-refractivity contribution in [3.8, 4) is 0 Å². The summed E-state index contributed by atoms with van der Waals surface area (Å²) in [5, 5.41) is 3.51. The van der Waals surface area contributed by atoms with Crippen LogP contribution < -0.4 is 0 Å². The summed E-state index contributed by atoms with van der Waals surface area (Å²) in [4.78, 5) is 22.9. The molecule has 4 heteroatoms. The monoisotopic (exact) mass is 179 g/mol.